The van der Waals surface area contributed by atoms with Crippen molar-refractivity contribution in [3.63, 3.8) is 0 Å². The Kier molecular flexibility index (Phi) is 4.40. The molecule has 2 heterocycles. The van der Waals surface area contributed by atoms with Crippen LogP contribution in [0.25, 0.3) is 16.6 Å². The van der Waals surface area contributed by atoms with Crippen molar-refractivity contribution in [2.24, 2.45) is 0 Å². The van der Waals surface area contributed by atoms with Gasteiger partial charge in [0, 0.05) is 17.5 Å². The SMILES string of the molecule is O=C(CCn1ncc(=O)c2ccccc21)Nc1cccc(-n2cnnn2)c1. The van der Waals surface area contributed by atoms with Crippen LogP contribution < -0.4 is 10.7 Å². The molecule has 2 aromatic heterocycles. The zero-order valence-electron chi connectivity index (χ0n) is 14.2. The minimum absolute atomic E-state index is 0.134. The van der Waals surface area contributed by atoms with Gasteiger partial charge in [0.25, 0.3) is 0 Å². The van der Waals surface area contributed by atoms with Gasteiger partial charge in [0.2, 0.25) is 11.3 Å². The van der Waals surface area contributed by atoms with Gasteiger partial charge < -0.3 is 5.32 Å². The van der Waals surface area contributed by atoms with E-state index < -0.39 is 0 Å². The Morgan fingerprint density at radius 3 is 2.85 bits per heavy atom. The molecule has 0 unspecified atom stereocenters. The normalized spacial score (nSPS) is 10.8. The van der Waals surface area contributed by atoms with Crippen LogP contribution in [0.5, 0.6) is 0 Å². The highest BCUT2D eigenvalue weighted by molar-refractivity contribution is 5.91. The standard InChI is InChI=1S/C18H15N7O2/c26-17-11-20-24(16-7-2-1-6-15(16)17)9-8-18(27)21-13-4-3-5-14(10-13)25-12-19-22-23-25/h1-7,10-12H,8-9H2,(H,21,27). The van der Waals surface area contributed by atoms with E-state index >= 15 is 0 Å². The number of fused-ring (bicyclic) bond motifs is 1. The topological polar surface area (TPSA) is 108 Å². The maximum Gasteiger partial charge on any atom is 0.226 e. The molecule has 2 aromatic carbocycles. The first kappa shape index (κ1) is 16.6. The van der Waals surface area contributed by atoms with Crippen molar-refractivity contribution in [3.8, 4) is 5.69 Å². The Hall–Kier alpha value is -3.88. The molecule has 0 saturated carbocycles. The zero-order chi connectivity index (χ0) is 18.6. The monoisotopic (exact) mass is 361 g/mol. The molecular formula is C18H15N7O2. The third-order valence-electron chi connectivity index (χ3n) is 4.06. The Bertz CT molecular complexity index is 1150. The van der Waals surface area contributed by atoms with E-state index in [1.807, 2.05) is 24.3 Å². The van der Waals surface area contributed by atoms with Crippen LogP contribution in [0.1, 0.15) is 6.42 Å². The number of hydrogen-bond acceptors (Lipinski definition) is 6. The first-order valence-electron chi connectivity index (χ1n) is 8.29. The number of para-hydroxylation sites is 1. The van der Waals surface area contributed by atoms with Gasteiger partial charge in [-0.3, -0.25) is 14.3 Å². The van der Waals surface area contributed by atoms with Gasteiger partial charge in [-0.1, -0.05) is 18.2 Å². The maximum atomic E-state index is 12.3. The molecule has 0 fully saturated rings. The molecular weight excluding hydrogens is 346 g/mol. The molecule has 1 amide bonds. The second-order valence-corrected chi connectivity index (χ2v) is 5.85. The number of carbonyl (C=O) groups is 1. The number of tetrazole rings is 1. The quantitative estimate of drug-likeness (QED) is 0.576. The summed E-state index contributed by atoms with van der Waals surface area (Å²) < 4.78 is 3.17. The number of amides is 1. The average molecular weight is 361 g/mol. The lowest BCUT2D eigenvalue weighted by Crippen LogP contribution is -2.18. The van der Waals surface area contributed by atoms with E-state index in [0.29, 0.717) is 23.1 Å². The third-order valence-corrected chi connectivity index (χ3v) is 4.06. The second-order valence-electron chi connectivity index (χ2n) is 5.85. The summed E-state index contributed by atoms with van der Waals surface area (Å²) in [5.74, 6) is -0.159. The number of rotatable bonds is 5. The van der Waals surface area contributed by atoms with E-state index in [1.54, 1.807) is 28.9 Å². The van der Waals surface area contributed by atoms with Crippen LogP contribution >= 0.6 is 0 Å². The van der Waals surface area contributed by atoms with Crippen LogP contribution in [-0.4, -0.2) is 35.9 Å². The van der Waals surface area contributed by atoms with E-state index in [9.17, 15) is 9.59 Å². The van der Waals surface area contributed by atoms with E-state index in [0.717, 1.165) is 5.69 Å². The summed E-state index contributed by atoms with van der Waals surface area (Å²) in [4.78, 5) is 24.2. The molecule has 0 saturated heterocycles. The molecule has 0 radical (unpaired) electrons. The molecule has 134 valence electrons. The summed E-state index contributed by atoms with van der Waals surface area (Å²) in [5.41, 5.74) is 1.96. The molecule has 0 atom stereocenters. The van der Waals surface area contributed by atoms with Crippen LogP contribution in [0.4, 0.5) is 5.69 Å². The van der Waals surface area contributed by atoms with Gasteiger partial charge in [-0.15, -0.1) is 5.10 Å². The van der Waals surface area contributed by atoms with Crippen molar-refractivity contribution in [1.82, 2.24) is 30.0 Å². The first-order valence-corrected chi connectivity index (χ1v) is 8.29. The predicted molar refractivity (Wildman–Crippen MR) is 98.4 cm³/mol. The molecule has 0 spiro atoms. The van der Waals surface area contributed by atoms with Crippen molar-refractivity contribution >= 4 is 22.5 Å². The number of benzene rings is 2. The largest absolute Gasteiger partial charge is 0.326 e. The molecule has 27 heavy (non-hydrogen) atoms. The van der Waals surface area contributed by atoms with Crippen molar-refractivity contribution in [2.75, 3.05) is 5.32 Å². The van der Waals surface area contributed by atoms with Crippen molar-refractivity contribution < 1.29 is 4.79 Å². The van der Waals surface area contributed by atoms with Gasteiger partial charge >= 0.3 is 0 Å². The molecule has 9 nitrogen and oxygen atoms in total. The lowest BCUT2D eigenvalue weighted by Gasteiger charge is -2.10. The first-order chi connectivity index (χ1) is 13.2. The Morgan fingerprint density at radius 2 is 2.00 bits per heavy atom. The number of nitrogens with one attached hydrogen (secondary N) is 1. The highest BCUT2D eigenvalue weighted by atomic mass is 16.1. The van der Waals surface area contributed by atoms with Gasteiger partial charge in [0.1, 0.15) is 6.33 Å². The lowest BCUT2D eigenvalue weighted by atomic mass is 10.2. The van der Waals surface area contributed by atoms with Gasteiger partial charge in [0.05, 0.1) is 23.9 Å². The number of aromatic nitrogens is 6. The van der Waals surface area contributed by atoms with Crippen LogP contribution in [-0.2, 0) is 11.3 Å². The van der Waals surface area contributed by atoms with Gasteiger partial charge in [-0.05, 0) is 40.8 Å². The summed E-state index contributed by atoms with van der Waals surface area (Å²) in [6.07, 6.45) is 2.97. The fraction of sp³-hybridized carbons (Fsp3) is 0.111. The lowest BCUT2D eigenvalue weighted by molar-refractivity contribution is -0.116. The minimum atomic E-state index is -0.159. The maximum absolute atomic E-state index is 12.3. The molecule has 0 aliphatic carbocycles. The average Bonchev–Trinajstić information content (AvgIpc) is 3.23. The zero-order valence-corrected chi connectivity index (χ0v) is 14.2. The number of aryl methyl sites for hydroxylation is 1. The van der Waals surface area contributed by atoms with Gasteiger partial charge in [-0.25, -0.2) is 4.68 Å². The number of nitrogens with zero attached hydrogens (tertiary/aromatic N) is 6. The van der Waals surface area contributed by atoms with E-state index in [-0.39, 0.29) is 17.8 Å². The van der Waals surface area contributed by atoms with Crippen molar-refractivity contribution in [2.45, 2.75) is 13.0 Å². The van der Waals surface area contributed by atoms with Crippen molar-refractivity contribution in [3.05, 3.63) is 71.3 Å². The highest BCUT2D eigenvalue weighted by Gasteiger charge is 2.08. The fourth-order valence-corrected chi connectivity index (χ4v) is 2.78. The van der Waals surface area contributed by atoms with E-state index in [2.05, 4.69) is 25.9 Å². The van der Waals surface area contributed by atoms with E-state index in [1.165, 1.54) is 17.2 Å². The minimum Gasteiger partial charge on any atom is -0.326 e. The molecule has 0 bridgehead atoms. The Balaban J connectivity index is 1.46. The molecule has 0 aliphatic heterocycles. The van der Waals surface area contributed by atoms with Crippen LogP contribution in [0, 0.1) is 0 Å². The Morgan fingerprint density at radius 1 is 1.11 bits per heavy atom. The summed E-state index contributed by atoms with van der Waals surface area (Å²) in [6, 6.07) is 14.4. The smallest absolute Gasteiger partial charge is 0.226 e. The highest BCUT2D eigenvalue weighted by Crippen LogP contribution is 2.14. The molecule has 1 N–H and O–H groups in total. The van der Waals surface area contributed by atoms with Crippen LogP contribution in [0.3, 0.4) is 0 Å². The van der Waals surface area contributed by atoms with Gasteiger partial charge in [-0.2, -0.15) is 5.10 Å². The summed E-state index contributed by atoms with van der Waals surface area (Å²) in [6.45, 7) is 0.360. The third kappa shape index (κ3) is 3.56. The fourth-order valence-electron chi connectivity index (χ4n) is 2.78. The predicted octanol–water partition coefficient (Wildman–Crippen LogP) is 1.40. The van der Waals surface area contributed by atoms with Crippen LogP contribution in [0.15, 0.2) is 65.8 Å². The summed E-state index contributed by atoms with van der Waals surface area (Å²) in [5, 5.41) is 18.6. The summed E-state index contributed by atoms with van der Waals surface area (Å²) in [7, 11) is 0. The number of hydrogen-bond donors (Lipinski definition) is 1. The second kappa shape index (κ2) is 7.16. The number of anilines is 1. The van der Waals surface area contributed by atoms with Crippen molar-refractivity contribution in [1.29, 1.82) is 0 Å². The van der Waals surface area contributed by atoms with Crippen LogP contribution in [0.2, 0.25) is 0 Å². The van der Waals surface area contributed by atoms with E-state index in [4.69, 9.17) is 0 Å². The Labute approximate surface area is 153 Å². The molecule has 9 heteroatoms. The molecule has 0 aliphatic rings. The number of carbonyl (C=O) groups excluding carboxylic acids is 1. The molecule has 4 rings (SSSR count). The van der Waals surface area contributed by atoms with Gasteiger partial charge in [0.15, 0.2) is 0 Å². The summed E-state index contributed by atoms with van der Waals surface area (Å²) >= 11 is 0. The molecule has 4 aromatic rings.